The van der Waals surface area contributed by atoms with Crippen molar-refractivity contribution in [3.05, 3.63) is 94.5 Å². The zero-order valence-electron chi connectivity index (χ0n) is 23.1. The summed E-state index contributed by atoms with van der Waals surface area (Å²) in [6.07, 6.45) is 21.6. The standard InChI is InChI=1S/C34H48FN/c1-5-36-23-22-28(14-15-29-16-18-30(19-17-29)24-26(2)3)10-6-7-11-31-12-8-9-13-34(31)33-21-20-32(35)25-27(33)4/h5,8,12,16-19,25-26,28,36H,1,6-7,9-11,13-15,20-24H2,2-4H3. The van der Waals surface area contributed by atoms with E-state index in [0.717, 1.165) is 56.6 Å². The zero-order valence-corrected chi connectivity index (χ0v) is 23.1. The van der Waals surface area contributed by atoms with Crippen LogP contribution < -0.4 is 5.32 Å². The highest BCUT2D eigenvalue weighted by atomic mass is 19.1. The molecule has 1 nitrogen and oxygen atoms in total. The van der Waals surface area contributed by atoms with Gasteiger partial charge in [0, 0.05) is 13.0 Å². The van der Waals surface area contributed by atoms with Crippen LogP contribution in [0.25, 0.3) is 0 Å². The Morgan fingerprint density at radius 3 is 2.44 bits per heavy atom. The summed E-state index contributed by atoms with van der Waals surface area (Å²) >= 11 is 0. The summed E-state index contributed by atoms with van der Waals surface area (Å²) in [5, 5.41) is 3.30. The van der Waals surface area contributed by atoms with Crippen molar-refractivity contribution in [2.75, 3.05) is 6.54 Å². The number of nitrogens with one attached hydrogen (secondary N) is 1. The van der Waals surface area contributed by atoms with Crippen LogP contribution >= 0.6 is 0 Å². The molecule has 2 aliphatic rings. The van der Waals surface area contributed by atoms with E-state index < -0.39 is 0 Å². The van der Waals surface area contributed by atoms with Crippen molar-refractivity contribution < 1.29 is 4.39 Å². The number of benzene rings is 1. The maximum Gasteiger partial charge on any atom is 0.101 e. The van der Waals surface area contributed by atoms with Gasteiger partial charge in [0.2, 0.25) is 0 Å². The molecule has 0 radical (unpaired) electrons. The number of halogens is 1. The van der Waals surface area contributed by atoms with Gasteiger partial charge in [-0.1, -0.05) is 69.7 Å². The molecule has 196 valence electrons. The lowest BCUT2D eigenvalue weighted by Gasteiger charge is -2.23. The summed E-state index contributed by atoms with van der Waals surface area (Å²) in [5.41, 5.74) is 8.46. The van der Waals surface area contributed by atoms with Crippen LogP contribution in [0.15, 0.2) is 83.4 Å². The van der Waals surface area contributed by atoms with Gasteiger partial charge in [-0.25, -0.2) is 4.39 Å². The molecule has 1 aromatic carbocycles. The Morgan fingerprint density at radius 1 is 0.944 bits per heavy atom. The quantitative estimate of drug-likeness (QED) is 0.242. The number of allylic oxidation sites excluding steroid dienone is 8. The van der Waals surface area contributed by atoms with Crippen molar-refractivity contribution in [1.82, 2.24) is 5.32 Å². The molecule has 1 unspecified atom stereocenters. The average molecular weight is 490 g/mol. The molecule has 0 fully saturated rings. The van der Waals surface area contributed by atoms with Gasteiger partial charge in [0.25, 0.3) is 0 Å². The molecule has 1 atom stereocenters. The second-order valence-corrected chi connectivity index (χ2v) is 11.2. The highest BCUT2D eigenvalue weighted by molar-refractivity contribution is 5.48. The molecule has 1 aromatic rings. The Bertz CT molecular complexity index is 957. The number of unbranched alkanes of at least 4 members (excludes halogenated alkanes) is 1. The van der Waals surface area contributed by atoms with Crippen LogP contribution in [0.4, 0.5) is 4.39 Å². The predicted molar refractivity (Wildman–Crippen MR) is 155 cm³/mol. The topological polar surface area (TPSA) is 12.0 Å². The van der Waals surface area contributed by atoms with E-state index in [2.05, 4.69) is 69.1 Å². The van der Waals surface area contributed by atoms with Gasteiger partial charge in [-0.15, -0.1) is 0 Å². The Labute approximate surface area is 220 Å². The van der Waals surface area contributed by atoms with Crippen molar-refractivity contribution in [3.63, 3.8) is 0 Å². The van der Waals surface area contributed by atoms with Gasteiger partial charge in [-0.05, 0) is 122 Å². The maximum absolute atomic E-state index is 13.7. The first-order chi connectivity index (χ1) is 17.5. The van der Waals surface area contributed by atoms with Crippen molar-refractivity contribution in [2.45, 2.75) is 97.8 Å². The minimum atomic E-state index is 0.0354. The summed E-state index contributed by atoms with van der Waals surface area (Å²) in [7, 11) is 0. The van der Waals surface area contributed by atoms with Gasteiger partial charge in [-0.3, -0.25) is 0 Å². The molecule has 2 heteroatoms. The SMILES string of the molecule is C=CNCCC(CCCCC1=C(C2=C(C)C=C(F)CC2)CCC=C1)CCc1ccc(CC(C)C)cc1. The van der Waals surface area contributed by atoms with Crippen LogP contribution in [0.3, 0.4) is 0 Å². The van der Waals surface area contributed by atoms with Crippen LogP contribution in [0.2, 0.25) is 0 Å². The zero-order chi connectivity index (χ0) is 25.8. The van der Waals surface area contributed by atoms with Crippen molar-refractivity contribution in [1.29, 1.82) is 0 Å². The van der Waals surface area contributed by atoms with Gasteiger partial charge in [-0.2, -0.15) is 0 Å². The van der Waals surface area contributed by atoms with Crippen LogP contribution in [-0.4, -0.2) is 6.54 Å². The third-order valence-corrected chi connectivity index (χ3v) is 7.75. The molecule has 2 aliphatic carbocycles. The molecular formula is C34H48FN. The molecule has 3 rings (SSSR count). The molecule has 0 aromatic heterocycles. The maximum atomic E-state index is 13.7. The lowest BCUT2D eigenvalue weighted by molar-refractivity contribution is 0.400. The molecule has 1 N–H and O–H groups in total. The summed E-state index contributed by atoms with van der Waals surface area (Å²) in [5.74, 6) is 1.48. The summed E-state index contributed by atoms with van der Waals surface area (Å²) in [4.78, 5) is 0. The highest BCUT2D eigenvalue weighted by Crippen LogP contribution is 2.37. The van der Waals surface area contributed by atoms with Crippen LogP contribution in [0.1, 0.15) is 96.1 Å². The normalized spacial score (nSPS) is 17.0. The van der Waals surface area contributed by atoms with E-state index in [-0.39, 0.29) is 5.83 Å². The van der Waals surface area contributed by atoms with E-state index in [0.29, 0.717) is 12.3 Å². The lowest BCUT2D eigenvalue weighted by atomic mass is 9.83. The number of rotatable bonds is 15. The van der Waals surface area contributed by atoms with E-state index in [4.69, 9.17) is 0 Å². The third-order valence-electron chi connectivity index (χ3n) is 7.75. The molecule has 0 amide bonds. The van der Waals surface area contributed by atoms with Gasteiger partial charge >= 0.3 is 0 Å². The Kier molecular flexibility index (Phi) is 11.8. The van der Waals surface area contributed by atoms with Crippen LogP contribution in [-0.2, 0) is 12.8 Å². The summed E-state index contributed by atoms with van der Waals surface area (Å²) in [6, 6.07) is 9.31. The fourth-order valence-corrected chi connectivity index (χ4v) is 5.77. The van der Waals surface area contributed by atoms with Crippen molar-refractivity contribution >= 4 is 0 Å². The Hall–Kier alpha value is -2.35. The Morgan fingerprint density at radius 2 is 1.72 bits per heavy atom. The monoisotopic (exact) mass is 489 g/mol. The highest BCUT2D eigenvalue weighted by Gasteiger charge is 2.18. The van der Waals surface area contributed by atoms with E-state index in [9.17, 15) is 4.39 Å². The van der Waals surface area contributed by atoms with Gasteiger partial charge < -0.3 is 5.32 Å². The largest absolute Gasteiger partial charge is 0.391 e. The number of hydrogen-bond acceptors (Lipinski definition) is 1. The van der Waals surface area contributed by atoms with E-state index in [1.54, 1.807) is 6.08 Å². The van der Waals surface area contributed by atoms with Crippen molar-refractivity contribution in [3.8, 4) is 0 Å². The minimum Gasteiger partial charge on any atom is -0.391 e. The first-order valence-electron chi connectivity index (χ1n) is 14.3. The smallest absolute Gasteiger partial charge is 0.101 e. The second-order valence-electron chi connectivity index (χ2n) is 11.2. The van der Waals surface area contributed by atoms with E-state index >= 15 is 0 Å². The first kappa shape index (κ1) is 28.2. The molecule has 0 aliphatic heterocycles. The first-order valence-corrected chi connectivity index (χ1v) is 14.3. The predicted octanol–water partition coefficient (Wildman–Crippen LogP) is 9.73. The van der Waals surface area contributed by atoms with E-state index in [1.165, 1.54) is 60.0 Å². The summed E-state index contributed by atoms with van der Waals surface area (Å²) < 4.78 is 13.7. The molecule has 0 saturated heterocycles. The van der Waals surface area contributed by atoms with E-state index in [1.807, 2.05) is 6.20 Å². The Balaban J connectivity index is 1.52. The summed E-state index contributed by atoms with van der Waals surface area (Å²) in [6.45, 7) is 11.5. The van der Waals surface area contributed by atoms with Crippen LogP contribution in [0.5, 0.6) is 0 Å². The molecule has 0 bridgehead atoms. The van der Waals surface area contributed by atoms with Gasteiger partial charge in [0.15, 0.2) is 0 Å². The number of aryl methyl sites for hydroxylation is 1. The molecule has 0 saturated carbocycles. The number of hydrogen-bond donors (Lipinski definition) is 1. The third kappa shape index (κ3) is 9.26. The average Bonchev–Trinajstić information content (AvgIpc) is 2.86. The van der Waals surface area contributed by atoms with Crippen LogP contribution in [0, 0.1) is 11.8 Å². The minimum absolute atomic E-state index is 0.0354. The lowest BCUT2D eigenvalue weighted by Crippen LogP contribution is -2.13. The molecule has 0 spiro atoms. The van der Waals surface area contributed by atoms with Gasteiger partial charge in [0.05, 0.1) is 0 Å². The van der Waals surface area contributed by atoms with Crippen molar-refractivity contribution in [2.24, 2.45) is 11.8 Å². The van der Waals surface area contributed by atoms with Gasteiger partial charge in [0.1, 0.15) is 5.83 Å². The molecule has 36 heavy (non-hydrogen) atoms. The molecule has 0 heterocycles. The fourth-order valence-electron chi connectivity index (χ4n) is 5.77. The second kappa shape index (κ2) is 15.0. The molecular weight excluding hydrogens is 441 g/mol. The fraction of sp³-hybridized carbons (Fsp3) is 0.529.